The molecule has 1 aromatic rings. The van der Waals surface area contributed by atoms with Crippen molar-refractivity contribution in [3.8, 4) is 0 Å². The highest BCUT2D eigenvalue weighted by molar-refractivity contribution is 7.97. The second-order valence-corrected chi connectivity index (χ2v) is 5.47. The summed E-state index contributed by atoms with van der Waals surface area (Å²) in [7, 11) is 0. The standard InChI is InChI=1S/C13H20N2O2S/c1-10-8-14-6-3-7-15(10)13(16)12-5-4-11(17-12)9-18-2/h4-5,10,14H,3,6-9H2,1-2H3/t10-/m1/s1. The van der Waals surface area contributed by atoms with Crippen LogP contribution in [0.15, 0.2) is 16.5 Å². The molecule has 0 aromatic carbocycles. The smallest absolute Gasteiger partial charge is 0.289 e. The van der Waals surface area contributed by atoms with Gasteiger partial charge in [0, 0.05) is 19.1 Å². The van der Waals surface area contributed by atoms with E-state index in [0.717, 1.165) is 37.6 Å². The molecule has 100 valence electrons. The zero-order chi connectivity index (χ0) is 13.0. The second kappa shape index (κ2) is 6.29. The lowest BCUT2D eigenvalue weighted by Crippen LogP contribution is -2.41. The molecule has 0 bridgehead atoms. The number of hydrogen-bond donors (Lipinski definition) is 1. The molecule has 0 aliphatic carbocycles. The van der Waals surface area contributed by atoms with Gasteiger partial charge in [0.05, 0.1) is 5.75 Å². The first-order chi connectivity index (χ1) is 8.72. The first-order valence-electron chi connectivity index (χ1n) is 6.31. The maximum absolute atomic E-state index is 12.4. The fourth-order valence-corrected chi connectivity index (χ4v) is 2.61. The van der Waals surface area contributed by atoms with Crippen molar-refractivity contribution in [2.75, 3.05) is 25.9 Å². The number of nitrogens with zero attached hydrogens (tertiary/aromatic N) is 1. The van der Waals surface area contributed by atoms with Crippen LogP contribution in [0.25, 0.3) is 0 Å². The fourth-order valence-electron chi connectivity index (χ4n) is 2.17. The number of carbonyl (C=O) groups is 1. The zero-order valence-corrected chi connectivity index (χ0v) is 11.8. The monoisotopic (exact) mass is 268 g/mol. The zero-order valence-electron chi connectivity index (χ0n) is 10.9. The van der Waals surface area contributed by atoms with E-state index in [1.54, 1.807) is 17.8 Å². The molecule has 1 aliphatic rings. The molecule has 1 aliphatic heterocycles. The molecule has 0 spiro atoms. The Bertz CT molecular complexity index is 405. The second-order valence-electron chi connectivity index (χ2n) is 4.60. The first-order valence-corrected chi connectivity index (χ1v) is 7.71. The van der Waals surface area contributed by atoms with Gasteiger partial charge in [0.15, 0.2) is 5.76 Å². The van der Waals surface area contributed by atoms with Gasteiger partial charge in [-0.15, -0.1) is 0 Å². The summed E-state index contributed by atoms with van der Waals surface area (Å²) in [4.78, 5) is 14.3. The van der Waals surface area contributed by atoms with Gasteiger partial charge in [-0.3, -0.25) is 4.79 Å². The molecule has 5 heteroatoms. The van der Waals surface area contributed by atoms with E-state index in [2.05, 4.69) is 12.2 Å². The molecule has 2 rings (SSSR count). The van der Waals surface area contributed by atoms with Crippen molar-refractivity contribution < 1.29 is 9.21 Å². The average molecular weight is 268 g/mol. The SMILES string of the molecule is CSCc1ccc(C(=O)N2CCCNC[C@H]2C)o1. The number of amides is 1. The molecule has 0 saturated carbocycles. The van der Waals surface area contributed by atoms with Gasteiger partial charge in [0.2, 0.25) is 0 Å². The third-order valence-electron chi connectivity index (χ3n) is 3.14. The molecule has 1 amide bonds. The average Bonchev–Trinajstić information content (AvgIpc) is 2.71. The minimum absolute atomic E-state index is 0.0125. The Hall–Kier alpha value is -0.940. The highest BCUT2D eigenvalue weighted by Gasteiger charge is 2.25. The summed E-state index contributed by atoms with van der Waals surface area (Å²) < 4.78 is 5.60. The lowest BCUT2D eigenvalue weighted by atomic mass is 10.2. The summed E-state index contributed by atoms with van der Waals surface area (Å²) in [6.45, 7) is 4.70. The van der Waals surface area contributed by atoms with E-state index < -0.39 is 0 Å². The van der Waals surface area contributed by atoms with E-state index in [1.807, 2.05) is 17.2 Å². The number of thioether (sulfide) groups is 1. The minimum Gasteiger partial charge on any atom is -0.455 e. The Labute approximate surface area is 112 Å². The van der Waals surface area contributed by atoms with E-state index in [-0.39, 0.29) is 11.9 Å². The Morgan fingerprint density at radius 1 is 1.61 bits per heavy atom. The van der Waals surface area contributed by atoms with Gasteiger partial charge in [-0.05, 0) is 38.3 Å². The number of hydrogen-bond acceptors (Lipinski definition) is 4. The highest BCUT2D eigenvalue weighted by Crippen LogP contribution is 2.17. The summed E-state index contributed by atoms with van der Waals surface area (Å²) in [5.74, 6) is 2.16. The van der Waals surface area contributed by atoms with Gasteiger partial charge in [-0.25, -0.2) is 0 Å². The van der Waals surface area contributed by atoms with Gasteiger partial charge in [-0.1, -0.05) is 0 Å². The summed E-state index contributed by atoms with van der Waals surface area (Å²) in [6.07, 6.45) is 3.01. The predicted octanol–water partition coefficient (Wildman–Crippen LogP) is 1.97. The van der Waals surface area contributed by atoms with Crippen LogP contribution in [0, 0.1) is 0 Å². The number of furan rings is 1. The molecule has 18 heavy (non-hydrogen) atoms. The molecular weight excluding hydrogens is 248 g/mol. The minimum atomic E-state index is 0.0125. The van der Waals surface area contributed by atoms with Gasteiger partial charge in [0.25, 0.3) is 5.91 Å². The highest BCUT2D eigenvalue weighted by atomic mass is 32.2. The van der Waals surface area contributed by atoms with E-state index in [4.69, 9.17) is 4.42 Å². The molecule has 1 aromatic heterocycles. The summed E-state index contributed by atoms with van der Waals surface area (Å²) in [5, 5.41) is 3.33. The number of carbonyl (C=O) groups excluding carboxylic acids is 1. The topological polar surface area (TPSA) is 45.5 Å². The van der Waals surface area contributed by atoms with Gasteiger partial charge < -0.3 is 14.6 Å². The molecule has 1 fully saturated rings. The predicted molar refractivity (Wildman–Crippen MR) is 73.9 cm³/mol. The lowest BCUT2D eigenvalue weighted by molar-refractivity contribution is 0.0673. The Morgan fingerprint density at radius 3 is 3.22 bits per heavy atom. The molecule has 1 saturated heterocycles. The molecule has 0 radical (unpaired) electrons. The van der Waals surface area contributed by atoms with E-state index >= 15 is 0 Å². The van der Waals surface area contributed by atoms with Crippen molar-refractivity contribution in [3.05, 3.63) is 23.7 Å². The van der Waals surface area contributed by atoms with Crippen LogP contribution in [-0.4, -0.2) is 42.7 Å². The van der Waals surface area contributed by atoms with Crippen molar-refractivity contribution in [3.63, 3.8) is 0 Å². The Balaban J connectivity index is 2.08. The number of rotatable bonds is 3. The van der Waals surface area contributed by atoms with Crippen LogP contribution in [0.5, 0.6) is 0 Å². The van der Waals surface area contributed by atoms with Gasteiger partial charge in [-0.2, -0.15) is 11.8 Å². The van der Waals surface area contributed by atoms with Gasteiger partial charge >= 0.3 is 0 Å². The van der Waals surface area contributed by atoms with Crippen LogP contribution in [0.2, 0.25) is 0 Å². The summed E-state index contributed by atoms with van der Waals surface area (Å²) in [6, 6.07) is 3.90. The van der Waals surface area contributed by atoms with E-state index in [1.165, 1.54) is 0 Å². The van der Waals surface area contributed by atoms with Crippen LogP contribution >= 0.6 is 11.8 Å². The lowest BCUT2D eigenvalue weighted by Gasteiger charge is -2.25. The third kappa shape index (κ3) is 3.09. The largest absolute Gasteiger partial charge is 0.455 e. The van der Waals surface area contributed by atoms with Crippen molar-refractivity contribution in [2.45, 2.75) is 25.1 Å². The molecule has 1 N–H and O–H groups in total. The maximum Gasteiger partial charge on any atom is 0.289 e. The normalized spacial score (nSPS) is 20.8. The first kappa shape index (κ1) is 13.5. The fraction of sp³-hybridized carbons (Fsp3) is 0.615. The van der Waals surface area contributed by atoms with Crippen molar-refractivity contribution in [1.29, 1.82) is 0 Å². The van der Waals surface area contributed by atoms with E-state index in [0.29, 0.717) is 5.76 Å². The maximum atomic E-state index is 12.4. The summed E-state index contributed by atoms with van der Waals surface area (Å²) in [5.41, 5.74) is 0. The molecule has 4 nitrogen and oxygen atoms in total. The van der Waals surface area contributed by atoms with Gasteiger partial charge in [0.1, 0.15) is 5.76 Å². The molecule has 1 atom stereocenters. The van der Waals surface area contributed by atoms with Crippen molar-refractivity contribution in [1.82, 2.24) is 10.2 Å². The van der Waals surface area contributed by atoms with Crippen molar-refractivity contribution in [2.24, 2.45) is 0 Å². The Kier molecular flexibility index (Phi) is 4.72. The summed E-state index contributed by atoms with van der Waals surface area (Å²) >= 11 is 1.69. The quantitative estimate of drug-likeness (QED) is 0.910. The van der Waals surface area contributed by atoms with Crippen LogP contribution in [0.1, 0.15) is 29.7 Å². The van der Waals surface area contributed by atoms with E-state index in [9.17, 15) is 4.79 Å². The number of nitrogens with one attached hydrogen (secondary N) is 1. The van der Waals surface area contributed by atoms with Crippen LogP contribution in [0.3, 0.4) is 0 Å². The van der Waals surface area contributed by atoms with Crippen LogP contribution < -0.4 is 5.32 Å². The van der Waals surface area contributed by atoms with Crippen molar-refractivity contribution >= 4 is 17.7 Å². The Morgan fingerprint density at radius 2 is 2.44 bits per heavy atom. The van der Waals surface area contributed by atoms with Crippen LogP contribution in [-0.2, 0) is 5.75 Å². The third-order valence-corrected chi connectivity index (χ3v) is 3.72. The van der Waals surface area contributed by atoms with Crippen LogP contribution in [0.4, 0.5) is 0 Å². The molecule has 2 heterocycles. The molecular formula is C13H20N2O2S. The molecule has 0 unspecified atom stereocenters.